The molecule has 1 aromatic heterocycles. The van der Waals surface area contributed by atoms with Crippen LogP contribution < -0.4 is 20.1 Å². The molecule has 0 radical (unpaired) electrons. The first-order valence-electron chi connectivity index (χ1n) is 9.14. The zero-order valence-corrected chi connectivity index (χ0v) is 15.8. The van der Waals surface area contributed by atoms with Gasteiger partial charge in [-0.2, -0.15) is 0 Å². The lowest BCUT2D eigenvalue weighted by Gasteiger charge is -2.35. The molecule has 2 heterocycles. The zero-order valence-electron chi connectivity index (χ0n) is 15.8. The standard InChI is InChI=1S/C20H25N3O5/c1-26-16-3-2-4-17(11-16)28-18-6-5-15(12-21-18)23-19(25)22-13-20(14-24)7-9-27-10-8-20/h2-6,11-12,24H,7-10,13-14H2,1H3,(H2,22,23,25). The fraction of sp³-hybridized carbons (Fsp3) is 0.400. The fourth-order valence-corrected chi connectivity index (χ4v) is 2.94. The van der Waals surface area contributed by atoms with Crippen molar-refractivity contribution in [2.45, 2.75) is 12.8 Å². The SMILES string of the molecule is COc1cccc(Oc2ccc(NC(=O)NCC3(CO)CCOCC3)cn2)c1. The number of hydrogen-bond donors (Lipinski definition) is 3. The van der Waals surface area contributed by atoms with E-state index in [1.54, 1.807) is 31.4 Å². The molecule has 0 aliphatic carbocycles. The van der Waals surface area contributed by atoms with Gasteiger partial charge in [0.15, 0.2) is 0 Å². The molecule has 1 aliphatic heterocycles. The molecule has 8 nitrogen and oxygen atoms in total. The normalized spacial score (nSPS) is 15.5. The molecule has 3 rings (SSSR count). The Hall–Kier alpha value is -2.84. The molecule has 1 saturated heterocycles. The van der Waals surface area contributed by atoms with Crippen molar-refractivity contribution in [3.05, 3.63) is 42.6 Å². The molecule has 1 aromatic carbocycles. The highest BCUT2D eigenvalue weighted by Crippen LogP contribution is 2.29. The molecule has 28 heavy (non-hydrogen) atoms. The van der Waals surface area contributed by atoms with E-state index in [2.05, 4.69) is 15.6 Å². The Kier molecular flexibility index (Phi) is 6.67. The number of rotatable bonds is 7. The maximum absolute atomic E-state index is 12.2. The predicted octanol–water partition coefficient (Wildman–Crippen LogP) is 2.79. The minimum Gasteiger partial charge on any atom is -0.497 e. The van der Waals surface area contributed by atoms with E-state index in [-0.39, 0.29) is 18.1 Å². The summed E-state index contributed by atoms with van der Waals surface area (Å²) in [5.74, 6) is 1.70. The number of benzene rings is 1. The minimum atomic E-state index is -0.345. The van der Waals surface area contributed by atoms with Crippen LogP contribution in [0.25, 0.3) is 0 Å². The monoisotopic (exact) mass is 387 g/mol. The maximum atomic E-state index is 12.2. The smallest absolute Gasteiger partial charge is 0.319 e. The van der Waals surface area contributed by atoms with E-state index in [0.29, 0.717) is 42.8 Å². The summed E-state index contributed by atoms with van der Waals surface area (Å²) in [6.07, 6.45) is 2.97. The largest absolute Gasteiger partial charge is 0.497 e. The molecule has 3 N–H and O–H groups in total. The second-order valence-electron chi connectivity index (χ2n) is 6.74. The number of carbonyl (C=O) groups is 1. The van der Waals surface area contributed by atoms with Crippen molar-refractivity contribution >= 4 is 11.7 Å². The number of anilines is 1. The number of aliphatic hydroxyl groups is 1. The molecule has 0 saturated carbocycles. The fourth-order valence-electron chi connectivity index (χ4n) is 2.94. The van der Waals surface area contributed by atoms with Gasteiger partial charge >= 0.3 is 6.03 Å². The number of nitrogens with one attached hydrogen (secondary N) is 2. The van der Waals surface area contributed by atoms with Gasteiger partial charge in [0.25, 0.3) is 0 Å². The van der Waals surface area contributed by atoms with Gasteiger partial charge in [0.1, 0.15) is 11.5 Å². The molecule has 0 spiro atoms. The van der Waals surface area contributed by atoms with Gasteiger partial charge in [-0.3, -0.25) is 0 Å². The summed E-state index contributed by atoms with van der Waals surface area (Å²) in [6, 6.07) is 10.2. The summed E-state index contributed by atoms with van der Waals surface area (Å²) in [6.45, 7) is 1.61. The molecule has 150 valence electrons. The number of ether oxygens (including phenoxy) is 3. The number of nitrogens with zero attached hydrogens (tertiary/aromatic N) is 1. The first kappa shape index (κ1) is 19.9. The van der Waals surface area contributed by atoms with Crippen LogP contribution in [-0.4, -0.2) is 49.6 Å². The Morgan fingerprint density at radius 3 is 2.71 bits per heavy atom. The van der Waals surface area contributed by atoms with Crippen molar-refractivity contribution in [1.82, 2.24) is 10.3 Å². The Bertz CT molecular complexity index is 776. The second-order valence-corrected chi connectivity index (χ2v) is 6.74. The number of aliphatic hydroxyl groups excluding tert-OH is 1. The van der Waals surface area contributed by atoms with E-state index < -0.39 is 0 Å². The third kappa shape index (κ3) is 5.34. The lowest BCUT2D eigenvalue weighted by atomic mass is 9.81. The molecule has 0 atom stereocenters. The van der Waals surface area contributed by atoms with Crippen LogP contribution in [0.2, 0.25) is 0 Å². The summed E-state index contributed by atoms with van der Waals surface area (Å²) >= 11 is 0. The zero-order chi connectivity index (χ0) is 19.8. The Labute approximate surface area is 163 Å². The van der Waals surface area contributed by atoms with Crippen LogP contribution in [0, 0.1) is 5.41 Å². The van der Waals surface area contributed by atoms with E-state index in [4.69, 9.17) is 14.2 Å². The average molecular weight is 387 g/mol. The average Bonchev–Trinajstić information content (AvgIpc) is 2.74. The molecule has 1 fully saturated rings. The first-order valence-corrected chi connectivity index (χ1v) is 9.14. The van der Waals surface area contributed by atoms with Crippen molar-refractivity contribution in [3.8, 4) is 17.4 Å². The molecule has 2 amide bonds. The number of methoxy groups -OCH3 is 1. The van der Waals surface area contributed by atoms with Gasteiger partial charge in [0, 0.05) is 37.3 Å². The summed E-state index contributed by atoms with van der Waals surface area (Å²) in [5, 5.41) is 15.2. The molecular formula is C20H25N3O5. The van der Waals surface area contributed by atoms with Gasteiger partial charge < -0.3 is 30.0 Å². The third-order valence-corrected chi connectivity index (χ3v) is 4.77. The Morgan fingerprint density at radius 2 is 2.04 bits per heavy atom. The molecule has 2 aromatic rings. The molecule has 0 unspecified atom stereocenters. The van der Waals surface area contributed by atoms with Gasteiger partial charge in [-0.25, -0.2) is 9.78 Å². The van der Waals surface area contributed by atoms with Crippen molar-refractivity contribution < 1.29 is 24.1 Å². The molecule has 0 bridgehead atoms. The van der Waals surface area contributed by atoms with Crippen molar-refractivity contribution in [2.24, 2.45) is 5.41 Å². The highest BCUT2D eigenvalue weighted by Gasteiger charge is 2.32. The van der Waals surface area contributed by atoms with Crippen molar-refractivity contribution in [2.75, 3.05) is 38.8 Å². The van der Waals surface area contributed by atoms with E-state index >= 15 is 0 Å². The number of urea groups is 1. The summed E-state index contributed by atoms with van der Waals surface area (Å²) in [4.78, 5) is 16.4. The van der Waals surface area contributed by atoms with Crippen LogP contribution in [-0.2, 0) is 4.74 Å². The maximum Gasteiger partial charge on any atom is 0.319 e. The van der Waals surface area contributed by atoms with Crippen LogP contribution >= 0.6 is 0 Å². The van der Waals surface area contributed by atoms with Gasteiger partial charge in [0.2, 0.25) is 5.88 Å². The molecule has 1 aliphatic rings. The third-order valence-electron chi connectivity index (χ3n) is 4.77. The van der Waals surface area contributed by atoms with Crippen LogP contribution in [0.5, 0.6) is 17.4 Å². The molecular weight excluding hydrogens is 362 g/mol. The van der Waals surface area contributed by atoms with Gasteiger partial charge in [-0.15, -0.1) is 0 Å². The van der Waals surface area contributed by atoms with E-state index in [0.717, 1.165) is 12.8 Å². The van der Waals surface area contributed by atoms with Crippen LogP contribution in [0.1, 0.15) is 12.8 Å². The van der Waals surface area contributed by atoms with Gasteiger partial charge in [-0.1, -0.05) is 6.07 Å². The lowest BCUT2D eigenvalue weighted by Crippen LogP contribution is -2.44. The predicted molar refractivity (Wildman–Crippen MR) is 104 cm³/mol. The van der Waals surface area contributed by atoms with Crippen LogP contribution in [0.3, 0.4) is 0 Å². The quantitative estimate of drug-likeness (QED) is 0.675. The number of carbonyl (C=O) groups excluding carboxylic acids is 1. The number of amides is 2. The van der Waals surface area contributed by atoms with E-state index in [1.807, 2.05) is 12.1 Å². The second kappa shape index (κ2) is 9.38. The van der Waals surface area contributed by atoms with Crippen molar-refractivity contribution in [3.63, 3.8) is 0 Å². The Morgan fingerprint density at radius 1 is 1.25 bits per heavy atom. The van der Waals surface area contributed by atoms with Gasteiger partial charge in [0.05, 0.1) is 25.6 Å². The van der Waals surface area contributed by atoms with Crippen molar-refractivity contribution in [1.29, 1.82) is 0 Å². The van der Waals surface area contributed by atoms with Gasteiger partial charge in [-0.05, 0) is 31.0 Å². The highest BCUT2D eigenvalue weighted by atomic mass is 16.5. The Balaban J connectivity index is 1.51. The number of hydrogen-bond acceptors (Lipinski definition) is 6. The van der Waals surface area contributed by atoms with E-state index in [1.165, 1.54) is 6.20 Å². The highest BCUT2D eigenvalue weighted by molar-refractivity contribution is 5.89. The molecule has 8 heteroatoms. The summed E-state index contributed by atoms with van der Waals surface area (Å²) in [7, 11) is 1.59. The summed E-state index contributed by atoms with van der Waals surface area (Å²) in [5.41, 5.74) is 0.225. The van der Waals surface area contributed by atoms with E-state index in [9.17, 15) is 9.90 Å². The topological polar surface area (TPSA) is 102 Å². The van der Waals surface area contributed by atoms with Crippen LogP contribution in [0.15, 0.2) is 42.6 Å². The number of pyridine rings is 1. The minimum absolute atomic E-state index is 0.0223. The first-order chi connectivity index (χ1) is 13.6. The summed E-state index contributed by atoms with van der Waals surface area (Å²) < 4.78 is 16.2. The van der Waals surface area contributed by atoms with Crippen LogP contribution in [0.4, 0.5) is 10.5 Å². The lowest BCUT2D eigenvalue weighted by molar-refractivity contribution is -0.0136. The number of aromatic nitrogens is 1.